The van der Waals surface area contributed by atoms with Gasteiger partial charge in [-0.3, -0.25) is 0 Å². The summed E-state index contributed by atoms with van der Waals surface area (Å²) in [5, 5.41) is 0. The number of benzene rings is 1. The number of hydrogen-bond acceptors (Lipinski definition) is 0. The molecule has 1 aromatic rings. The first-order chi connectivity index (χ1) is 7.91. The molecule has 92 valence electrons. The Morgan fingerprint density at radius 2 is 1.65 bits per heavy atom. The molecule has 0 heteroatoms. The zero-order valence-corrected chi connectivity index (χ0v) is 12.0. The molecule has 0 saturated heterocycles. The third-order valence-electron chi connectivity index (χ3n) is 4.08. The van der Waals surface area contributed by atoms with Crippen molar-refractivity contribution in [1.82, 2.24) is 0 Å². The van der Waals surface area contributed by atoms with E-state index in [-0.39, 0.29) is 0 Å². The van der Waals surface area contributed by atoms with Crippen LogP contribution in [0.4, 0.5) is 0 Å². The number of hydrogen-bond donors (Lipinski definition) is 0. The van der Waals surface area contributed by atoms with Gasteiger partial charge in [0.25, 0.3) is 0 Å². The molecule has 2 rings (SSSR count). The zero-order valence-electron chi connectivity index (χ0n) is 12.0. The quantitative estimate of drug-likeness (QED) is 0.631. The second kappa shape index (κ2) is 4.33. The standard InChI is InChI=1S/C17H24/c1-10(2)14-8-15(11(3)4)17-7-12(5)13(6)16(17)9-14/h7-11,13H,1-6H3. The van der Waals surface area contributed by atoms with Crippen molar-refractivity contribution >= 4 is 6.08 Å². The molecule has 0 saturated carbocycles. The van der Waals surface area contributed by atoms with Crippen molar-refractivity contribution in [3.63, 3.8) is 0 Å². The average molecular weight is 228 g/mol. The van der Waals surface area contributed by atoms with E-state index in [1.54, 1.807) is 0 Å². The van der Waals surface area contributed by atoms with Crippen LogP contribution in [0, 0.1) is 0 Å². The average Bonchev–Trinajstić information content (AvgIpc) is 2.54. The highest BCUT2D eigenvalue weighted by Gasteiger charge is 2.23. The maximum absolute atomic E-state index is 2.42. The van der Waals surface area contributed by atoms with Crippen LogP contribution in [-0.2, 0) is 0 Å². The summed E-state index contributed by atoms with van der Waals surface area (Å²) in [5.74, 6) is 1.82. The van der Waals surface area contributed by atoms with Crippen LogP contribution in [0.3, 0.4) is 0 Å². The Kier molecular flexibility index (Phi) is 3.16. The predicted octanol–water partition coefficient (Wildman–Crippen LogP) is 5.45. The number of allylic oxidation sites excluding steroid dienone is 1. The second-order valence-corrected chi connectivity index (χ2v) is 6.03. The fraction of sp³-hybridized carbons (Fsp3) is 0.529. The highest BCUT2D eigenvalue weighted by atomic mass is 14.3. The van der Waals surface area contributed by atoms with Crippen LogP contribution >= 0.6 is 0 Å². The molecule has 0 bridgehead atoms. The summed E-state index contributed by atoms with van der Waals surface area (Å²) < 4.78 is 0. The van der Waals surface area contributed by atoms with Gasteiger partial charge in [0.1, 0.15) is 0 Å². The van der Waals surface area contributed by atoms with Crippen LogP contribution in [0.1, 0.15) is 81.5 Å². The molecule has 0 aromatic heterocycles. The van der Waals surface area contributed by atoms with E-state index in [4.69, 9.17) is 0 Å². The third kappa shape index (κ3) is 2.06. The Hall–Kier alpha value is -1.04. The number of rotatable bonds is 2. The van der Waals surface area contributed by atoms with Crippen molar-refractivity contribution in [2.75, 3.05) is 0 Å². The summed E-state index contributed by atoms with van der Waals surface area (Å²) in [6.45, 7) is 13.7. The Bertz CT molecular complexity index is 461. The Balaban J connectivity index is 2.63. The normalized spacial score (nSPS) is 18.8. The molecule has 0 spiro atoms. The van der Waals surface area contributed by atoms with Gasteiger partial charge in [-0.15, -0.1) is 0 Å². The van der Waals surface area contributed by atoms with Crippen molar-refractivity contribution < 1.29 is 0 Å². The third-order valence-corrected chi connectivity index (χ3v) is 4.08. The minimum atomic E-state index is 0.598. The van der Waals surface area contributed by atoms with Gasteiger partial charge in [0.05, 0.1) is 0 Å². The minimum absolute atomic E-state index is 0.598. The summed E-state index contributed by atoms with van der Waals surface area (Å²) in [5.41, 5.74) is 7.55. The molecule has 1 unspecified atom stereocenters. The summed E-state index contributed by atoms with van der Waals surface area (Å²) in [6.07, 6.45) is 2.39. The van der Waals surface area contributed by atoms with Gasteiger partial charge in [-0.25, -0.2) is 0 Å². The van der Waals surface area contributed by atoms with Crippen molar-refractivity contribution in [3.8, 4) is 0 Å². The summed E-state index contributed by atoms with van der Waals surface area (Å²) in [7, 11) is 0. The fourth-order valence-electron chi connectivity index (χ4n) is 2.66. The molecular formula is C17H24. The molecule has 1 aliphatic carbocycles. The highest BCUT2D eigenvalue weighted by Crippen LogP contribution is 2.41. The van der Waals surface area contributed by atoms with Gasteiger partial charge in [0.15, 0.2) is 0 Å². The van der Waals surface area contributed by atoms with Crippen molar-refractivity contribution in [1.29, 1.82) is 0 Å². The summed E-state index contributed by atoms with van der Waals surface area (Å²) >= 11 is 0. The van der Waals surface area contributed by atoms with Gasteiger partial charge in [-0.2, -0.15) is 0 Å². The lowest BCUT2D eigenvalue weighted by Gasteiger charge is -2.18. The molecular weight excluding hydrogens is 204 g/mol. The molecule has 0 heterocycles. The van der Waals surface area contributed by atoms with Gasteiger partial charge >= 0.3 is 0 Å². The van der Waals surface area contributed by atoms with E-state index in [1.807, 2.05) is 0 Å². The second-order valence-electron chi connectivity index (χ2n) is 6.03. The minimum Gasteiger partial charge on any atom is -0.0655 e. The smallest absolute Gasteiger partial charge is 0.00265 e. The maximum atomic E-state index is 2.42. The lowest BCUT2D eigenvalue weighted by atomic mass is 9.87. The molecule has 0 radical (unpaired) electrons. The van der Waals surface area contributed by atoms with Crippen LogP contribution in [0.5, 0.6) is 0 Å². The first-order valence-corrected chi connectivity index (χ1v) is 6.77. The Morgan fingerprint density at radius 1 is 1.00 bits per heavy atom. The number of fused-ring (bicyclic) bond motifs is 1. The fourth-order valence-corrected chi connectivity index (χ4v) is 2.66. The van der Waals surface area contributed by atoms with Gasteiger partial charge in [0.2, 0.25) is 0 Å². The SMILES string of the molecule is CC1=Cc2c(C(C)C)cc(C(C)C)cc2C1C. The lowest BCUT2D eigenvalue weighted by Crippen LogP contribution is -2.00. The topological polar surface area (TPSA) is 0 Å². The van der Waals surface area contributed by atoms with Crippen LogP contribution < -0.4 is 0 Å². The maximum Gasteiger partial charge on any atom is 0.00265 e. The molecule has 1 atom stereocenters. The molecule has 0 N–H and O–H groups in total. The Labute approximate surface area is 106 Å². The van der Waals surface area contributed by atoms with Gasteiger partial charge < -0.3 is 0 Å². The van der Waals surface area contributed by atoms with E-state index in [1.165, 1.54) is 27.8 Å². The van der Waals surface area contributed by atoms with Gasteiger partial charge in [-0.1, -0.05) is 58.4 Å². The van der Waals surface area contributed by atoms with E-state index in [9.17, 15) is 0 Å². The highest BCUT2D eigenvalue weighted by molar-refractivity contribution is 5.70. The van der Waals surface area contributed by atoms with Crippen LogP contribution in [0.15, 0.2) is 17.7 Å². The van der Waals surface area contributed by atoms with E-state index in [0.29, 0.717) is 17.8 Å². The Morgan fingerprint density at radius 3 is 2.18 bits per heavy atom. The molecule has 1 aliphatic rings. The molecule has 0 amide bonds. The van der Waals surface area contributed by atoms with Crippen LogP contribution in [0.2, 0.25) is 0 Å². The summed E-state index contributed by atoms with van der Waals surface area (Å²) in [4.78, 5) is 0. The largest absolute Gasteiger partial charge is 0.0655 e. The first kappa shape index (κ1) is 12.4. The van der Waals surface area contributed by atoms with E-state index in [2.05, 4.69) is 59.8 Å². The molecule has 0 fully saturated rings. The van der Waals surface area contributed by atoms with Crippen LogP contribution in [0.25, 0.3) is 6.08 Å². The van der Waals surface area contributed by atoms with E-state index >= 15 is 0 Å². The van der Waals surface area contributed by atoms with Gasteiger partial charge in [0, 0.05) is 5.92 Å². The predicted molar refractivity (Wildman–Crippen MR) is 76.7 cm³/mol. The first-order valence-electron chi connectivity index (χ1n) is 6.77. The summed E-state index contributed by atoms with van der Waals surface area (Å²) in [6, 6.07) is 4.83. The van der Waals surface area contributed by atoms with Crippen molar-refractivity contribution in [2.45, 2.75) is 59.3 Å². The van der Waals surface area contributed by atoms with Gasteiger partial charge in [-0.05, 0) is 41.0 Å². The van der Waals surface area contributed by atoms with Crippen LogP contribution in [-0.4, -0.2) is 0 Å². The lowest BCUT2D eigenvalue weighted by molar-refractivity contribution is 0.818. The molecule has 0 aliphatic heterocycles. The van der Waals surface area contributed by atoms with Crippen molar-refractivity contribution in [2.24, 2.45) is 0 Å². The molecule has 1 aromatic carbocycles. The molecule has 17 heavy (non-hydrogen) atoms. The van der Waals surface area contributed by atoms with Crippen molar-refractivity contribution in [3.05, 3.63) is 40.0 Å². The zero-order chi connectivity index (χ0) is 12.7. The molecule has 0 nitrogen and oxygen atoms in total. The monoisotopic (exact) mass is 228 g/mol. The van der Waals surface area contributed by atoms with E-state index in [0.717, 1.165) is 0 Å². The van der Waals surface area contributed by atoms with E-state index < -0.39 is 0 Å².